The highest BCUT2D eigenvalue weighted by molar-refractivity contribution is 8.03. The van der Waals surface area contributed by atoms with Gasteiger partial charge < -0.3 is 4.74 Å². The average Bonchev–Trinajstić information content (AvgIpc) is 3.00. The lowest BCUT2D eigenvalue weighted by Gasteiger charge is -2.18. The summed E-state index contributed by atoms with van der Waals surface area (Å²) in [7, 11) is 1.78. The lowest BCUT2D eigenvalue weighted by Crippen LogP contribution is -2.00. The van der Waals surface area contributed by atoms with Crippen LogP contribution in [0.4, 0.5) is 0 Å². The Morgan fingerprint density at radius 1 is 1.43 bits per heavy atom. The van der Waals surface area contributed by atoms with Gasteiger partial charge in [0.2, 0.25) is 0 Å². The van der Waals surface area contributed by atoms with Gasteiger partial charge in [-0.25, -0.2) is 0 Å². The van der Waals surface area contributed by atoms with Gasteiger partial charge in [0.1, 0.15) is 5.76 Å². The van der Waals surface area contributed by atoms with E-state index in [-0.39, 0.29) is 0 Å². The molecule has 0 amide bonds. The molecule has 0 spiro atoms. The Kier molecular flexibility index (Phi) is 6.22. The molecule has 1 nitrogen and oxygen atoms in total. The highest BCUT2D eigenvalue weighted by Crippen LogP contribution is 2.41. The lowest BCUT2D eigenvalue weighted by molar-refractivity contribution is 0.282. The van der Waals surface area contributed by atoms with Crippen molar-refractivity contribution in [2.45, 2.75) is 52.4 Å². The summed E-state index contributed by atoms with van der Waals surface area (Å²) in [6.45, 7) is 8.97. The van der Waals surface area contributed by atoms with Gasteiger partial charge in [-0.1, -0.05) is 44.6 Å². The molecule has 0 N–H and O–H groups in total. The number of ether oxygens (including phenoxy) is 1. The Balaban J connectivity index is 2.04. The van der Waals surface area contributed by atoms with Crippen molar-refractivity contribution in [3.8, 4) is 0 Å². The molecule has 0 aromatic rings. The van der Waals surface area contributed by atoms with Crippen LogP contribution in [0.25, 0.3) is 0 Å². The maximum absolute atomic E-state index is 5.51. The van der Waals surface area contributed by atoms with Crippen LogP contribution in [0.2, 0.25) is 0 Å². The summed E-state index contributed by atoms with van der Waals surface area (Å²) < 4.78 is 5.51. The zero-order chi connectivity index (χ0) is 15.2. The topological polar surface area (TPSA) is 9.23 Å². The van der Waals surface area contributed by atoms with E-state index in [4.69, 9.17) is 4.74 Å². The predicted octanol–water partition coefficient (Wildman–Crippen LogP) is 6.01. The van der Waals surface area contributed by atoms with Gasteiger partial charge >= 0.3 is 0 Å². The van der Waals surface area contributed by atoms with Gasteiger partial charge in [0, 0.05) is 12.2 Å². The number of thioether (sulfide) groups is 1. The van der Waals surface area contributed by atoms with Crippen LogP contribution in [0, 0.1) is 5.92 Å². The largest absolute Gasteiger partial charge is 0.500 e. The zero-order valence-electron chi connectivity index (χ0n) is 13.7. The third-order valence-corrected chi connectivity index (χ3v) is 5.71. The van der Waals surface area contributed by atoms with Crippen molar-refractivity contribution in [1.82, 2.24) is 0 Å². The van der Waals surface area contributed by atoms with Gasteiger partial charge in [0.05, 0.1) is 12.0 Å². The van der Waals surface area contributed by atoms with Gasteiger partial charge in [0.25, 0.3) is 0 Å². The van der Waals surface area contributed by atoms with E-state index in [1.807, 2.05) is 11.8 Å². The van der Waals surface area contributed by atoms with Crippen molar-refractivity contribution < 1.29 is 4.74 Å². The number of allylic oxidation sites excluding steroid dienone is 6. The molecule has 0 fully saturated rings. The fourth-order valence-corrected chi connectivity index (χ4v) is 3.98. The van der Waals surface area contributed by atoms with E-state index in [1.54, 1.807) is 7.11 Å². The van der Waals surface area contributed by atoms with Crippen LogP contribution in [0.3, 0.4) is 0 Å². The lowest BCUT2D eigenvalue weighted by atomic mass is 9.90. The Morgan fingerprint density at radius 2 is 2.24 bits per heavy atom. The standard InChI is InChI=1S/C19H28OS/c1-5-14(2)9-10-16-7-6-8-17(13-16)15(3)19-18(20-4)11-12-21-19/h7,13-14H,3,5-6,8-12H2,1-2,4H3. The summed E-state index contributed by atoms with van der Waals surface area (Å²) in [5, 5.41) is 0. The Morgan fingerprint density at radius 3 is 2.95 bits per heavy atom. The predicted molar refractivity (Wildman–Crippen MR) is 94.3 cm³/mol. The first-order valence-corrected chi connectivity index (χ1v) is 9.13. The quantitative estimate of drug-likeness (QED) is 0.569. The summed E-state index contributed by atoms with van der Waals surface area (Å²) in [5.74, 6) is 3.07. The second-order valence-electron chi connectivity index (χ2n) is 6.07. The highest BCUT2D eigenvalue weighted by atomic mass is 32.2. The molecule has 0 aromatic heterocycles. The molecule has 116 valence electrons. The molecule has 0 aromatic carbocycles. The molecule has 1 heterocycles. The molecule has 2 aliphatic rings. The second-order valence-corrected chi connectivity index (χ2v) is 7.18. The van der Waals surface area contributed by atoms with E-state index in [1.165, 1.54) is 40.9 Å². The monoisotopic (exact) mass is 304 g/mol. The Hall–Kier alpha value is -0.890. The normalized spacial score (nSPS) is 20.1. The number of methoxy groups -OCH3 is 1. The first-order chi connectivity index (χ1) is 10.2. The van der Waals surface area contributed by atoms with E-state index in [2.05, 4.69) is 32.6 Å². The van der Waals surface area contributed by atoms with Crippen LogP contribution < -0.4 is 0 Å². The van der Waals surface area contributed by atoms with Crippen molar-refractivity contribution in [2.24, 2.45) is 5.92 Å². The highest BCUT2D eigenvalue weighted by Gasteiger charge is 2.21. The second kappa shape index (κ2) is 7.93. The average molecular weight is 304 g/mol. The molecule has 0 radical (unpaired) electrons. The Labute approximate surface area is 134 Å². The fourth-order valence-electron chi connectivity index (χ4n) is 2.83. The van der Waals surface area contributed by atoms with Crippen LogP contribution in [0.1, 0.15) is 52.4 Å². The van der Waals surface area contributed by atoms with Gasteiger partial charge in [-0.05, 0) is 42.7 Å². The molecule has 0 bridgehead atoms. The summed E-state index contributed by atoms with van der Waals surface area (Å²) >= 11 is 1.89. The molecule has 1 aliphatic carbocycles. The summed E-state index contributed by atoms with van der Waals surface area (Å²) in [4.78, 5) is 1.28. The molecule has 1 unspecified atom stereocenters. The summed E-state index contributed by atoms with van der Waals surface area (Å²) in [5.41, 5.74) is 4.11. The van der Waals surface area contributed by atoms with E-state index >= 15 is 0 Å². The fraction of sp³-hybridized carbons (Fsp3) is 0.579. The van der Waals surface area contributed by atoms with Crippen molar-refractivity contribution in [3.63, 3.8) is 0 Å². The SMILES string of the molecule is C=C(C1=CC(CCC(C)CC)=CCC1)C1=C(OC)CCS1. The Bertz CT molecular complexity index is 482. The van der Waals surface area contributed by atoms with E-state index < -0.39 is 0 Å². The van der Waals surface area contributed by atoms with Crippen LogP contribution in [-0.4, -0.2) is 12.9 Å². The van der Waals surface area contributed by atoms with E-state index in [0.717, 1.165) is 36.7 Å². The van der Waals surface area contributed by atoms with Gasteiger partial charge in [0.15, 0.2) is 0 Å². The number of hydrogen-bond donors (Lipinski definition) is 0. The van der Waals surface area contributed by atoms with Crippen LogP contribution in [0.5, 0.6) is 0 Å². The van der Waals surface area contributed by atoms with E-state index in [9.17, 15) is 0 Å². The number of hydrogen-bond acceptors (Lipinski definition) is 2. The molecule has 21 heavy (non-hydrogen) atoms. The molecular formula is C19H28OS. The molecular weight excluding hydrogens is 276 g/mol. The third-order valence-electron chi connectivity index (χ3n) is 4.54. The first-order valence-electron chi connectivity index (χ1n) is 8.14. The molecule has 2 heteroatoms. The van der Waals surface area contributed by atoms with Crippen molar-refractivity contribution in [3.05, 3.63) is 46.1 Å². The number of rotatable bonds is 7. The smallest absolute Gasteiger partial charge is 0.110 e. The van der Waals surface area contributed by atoms with Crippen molar-refractivity contribution >= 4 is 11.8 Å². The summed E-state index contributed by atoms with van der Waals surface area (Å²) in [6.07, 6.45) is 11.9. The first kappa shape index (κ1) is 16.5. The molecule has 0 saturated carbocycles. The van der Waals surface area contributed by atoms with Gasteiger partial charge in [-0.3, -0.25) is 0 Å². The van der Waals surface area contributed by atoms with Gasteiger partial charge in [-0.2, -0.15) is 0 Å². The minimum absolute atomic E-state index is 0.820. The van der Waals surface area contributed by atoms with Crippen LogP contribution in [-0.2, 0) is 4.74 Å². The maximum Gasteiger partial charge on any atom is 0.110 e. The van der Waals surface area contributed by atoms with Crippen molar-refractivity contribution in [1.29, 1.82) is 0 Å². The molecule has 0 saturated heterocycles. The molecule has 1 aliphatic heterocycles. The summed E-state index contributed by atoms with van der Waals surface area (Å²) in [6, 6.07) is 0. The van der Waals surface area contributed by atoms with Crippen LogP contribution in [0.15, 0.2) is 46.1 Å². The van der Waals surface area contributed by atoms with Crippen LogP contribution >= 0.6 is 11.8 Å². The maximum atomic E-state index is 5.51. The van der Waals surface area contributed by atoms with Crippen molar-refractivity contribution in [2.75, 3.05) is 12.9 Å². The minimum atomic E-state index is 0.820. The van der Waals surface area contributed by atoms with Gasteiger partial charge in [-0.15, -0.1) is 11.8 Å². The third kappa shape index (κ3) is 4.29. The zero-order valence-corrected chi connectivity index (χ0v) is 14.5. The minimum Gasteiger partial charge on any atom is -0.500 e. The molecule has 2 rings (SSSR count). The van der Waals surface area contributed by atoms with E-state index in [0.29, 0.717) is 0 Å². The molecule has 1 atom stereocenters.